The number of ether oxygens (including phenoxy) is 1. The Balaban J connectivity index is 0.00000145. The molecule has 0 radical (unpaired) electrons. The summed E-state index contributed by atoms with van der Waals surface area (Å²) in [4.78, 5) is 20.5. The van der Waals surface area contributed by atoms with E-state index in [-0.39, 0.29) is 23.1 Å². The van der Waals surface area contributed by atoms with Gasteiger partial charge >= 0.3 is 0 Å². The molecule has 0 saturated heterocycles. The fourth-order valence-electron chi connectivity index (χ4n) is 2.51. The summed E-state index contributed by atoms with van der Waals surface area (Å²) in [6.07, 6.45) is 2.52. The highest BCUT2D eigenvalue weighted by molar-refractivity contribution is 9.10. The van der Waals surface area contributed by atoms with E-state index in [0.29, 0.717) is 22.1 Å². The molecule has 0 amide bonds. The monoisotopic (exact) mass is 485 g/mol. The van der Waals surface area contributed by atoms with Crippen molar-refractivity contribution < 1.29 is 13.5 Å². The Hall–Kier alpha value is -2.32. The maximum absolute atomic E-state index is 13.7. The van der Waals surface area contributed by atoms with Crippen LogP contribution in [-0.4, -0.2) is 14.5 Å². The lowest BCUT2D eigenvalue weighted by Crippen LogP contribution is -2.22. The molecule has 29 heavy (non-hydrogen) atoms. The van der Waals surface area contributed by atoms with E-state index >= 15 is 0 Å². The van der Waals surface area contributed by atoms with Crippen molar-refractivity contribution in [3.63, 3.8) is 0 Å². The number of aromatic nitrogens is 3. The lowest BCUT2D eigenvalue weighted by molar-refractivity contribution is 0.292. The fraction of sp³-hybridized carbons (Fsp3) is 0.250. The van der Waals surface area contributed by atoms with Crippen molar-refractivity contribution >= 4 is 27.5 Å². The SMILES string of the molecule is CC.Cc1cnc(Br)cc1-n1c(C)cc(OCc2ncc(F)cc2F)c(Cl)c1=O. The Kier molecular flexibility index (Phi) is 7.87. The van der Waals surface area contributed by atoms with Gasteiger partial charge < -0.3 is 4.74 Å². The molecule has 0 aliphatic carbocycles. The van der Waals surface area contributed by atoms with E-state index in [1.165, 1.54) is 4.57 Å². The Morgan fingerprint density at radius 2 is 1.83 bits per heavy atom. The molecule has 0 bridgehead atoms. The lowest BCUT2D eigenvalue weighted by Gasteiger charge is -2.16. The number of nitrogens with zero attached hydrogens (tertiary/aromatic N) is 3. The number of hydrogen-bond donors (Lipinski definition) is 0. The number of aryl methyl sites for hydroxylation is 2. The Morgan fingerprint density at radius 1 is 1.14 bits per heavy atom. The molecule has 0 unspecified atom stereocenters. The number of rotatable bonds is 4. The maximum atomic E-state index is 13.7. The smallest absolute Gasteiger partial charge is 0.277 e. The van der Waals surface area contributed by atoms with Crippen LogP contribution < -0.4 is 10.3 Å². The van der Waals surface area contributed by atoms with Gasteiger partial charge in [0.25, 0.3) is 5.56 Å². The van der Waals surface area contributed by atoms with Crippen molar-refractivity contribution in [3.05, 3.63) is 79.2 Å². The summed E-state index contributed by atoms with van der Waals surface area (Å²) >= 11 is 9.47. The van der Waals surface area contributed by atoms with Gasteiger partial charge in [-0.05, 0) is 41.4 Å². The molecule has 3 aromatic rings. The zero-order valence-corrected chi connectivity index (χ0v) is 18.6. The maximum Gasteiger partial charge on any atom is 0.277 e. The van der Waals surface area contributed by atoms with Crippen molar-refractivity contribution in [2.45, 2.75) is 34.3 Å². The van der Waals surface area contributed by atoms with Crippen LogP contribution in [0.1, 0.15) is 30.8 Å². The van der Waals surface area contributed by atoms with E-state index in [1.54, 1.807) is 25.3 Å². The molecule has 3 heterocycles. The molecule has 3 rings (SSSR count). The summed E-state index contributed by atoms with van der Waals surface area (Å²) < 4.78 is 34.1. The highest BCUT2D eigenvalue weighted by Gasteiger charge is 2.16. The van der Waals surface area contributed by atoms with Crippen LogP contribution in [0, 0.1) is 25.5 Å². The highest BCUT2D eigenvalue weighted by Crippen LogP contribution is 2.26. The number of pyridine rings is 3. The van der Waals surface area contributed by atoms with E-state index in [4.69, 9.17) is 16.3 Å². The lowest BCUT2D eigenvalue weighted by atomic mass is 10.2. The molecule has 0 N–H and O–H groups in total. The summed E-state index contributed by atoms with van der Waals surface area (Å²) in [5, 5.41) is -0.157. The van der Waals surface area contributed by atoms with Gasteiger partial charge in [0.2, 0.25) is 0 Å². The number of hydrogen-bond acceptors (Lipinski definition) is 4. The highest BCUT2D eigenvalue weighted by atomic mass is 79.9. The average molecular weight is 487 g/mol. The van der Waals surface area contributed by atoms with E-state index in [0.717, 1.165) is 11.8 Å². The molecule has 0 spiro atoms. The first kappa shape index (κ1) is 23.0. The molecular weight excluding hydrogens is 468 g/mol. The van der Waals surface area contributed by atoms with Gasteiger partial charge in [-0.25, -0.2) is 13.8 Å². The zero-order valence-electron chi connectivity index (χ0n) is 16.3. The first-order valence-corrected chi connectivity index (χ1v) is 9.92. The van der Waals surface area contributed by atoms with Crippen LogP contribution in [0.4, 0.5) is 8.78 Å². The predicted molar refractivity (Wildman–Crippen MR) is 112 cm³/mol. The number of halogens is 4. The standard InChI is InChI=1S/C18H13BrClF2N3O2.C2H6/c1-9-6-24-16(19)5-14(9)25-10(2)3-15(17(20)18(25)26)27-8-13-12(22)4-11(21)7-23-13;1-2/h3-7H,8H2,1-2H3;1-2H3. The van der Waals surface area contributed by atoms with Crippen molar-refractivity contribution in [1.29, 1.82) is 0 Å². The molecule has 9 heteroatoms. The fourth-order valence-corrected chi connectivity index (χ4v) is 3.02. The largest absolute Gasteiger partial charge is 0.485 e. The molecule has 0 atom stereocenters. The second-order valence-corrected chi connectivity index (χ2v) is 6.96. The van der Waals surface area contributed by atoms with Gasteiger partial charge in [0, 0.05) is 24.0 Å². The second-order valence-electron chi connectivity index (χ2n) is 5.77. The summed E-state index contributed by atoms with van der Waals surface area (Å²) in [5.41, 5.74) is 1.39. The van der Waals surface area contributed by atoms with E-state index < -0.39 is 17.2 Å². The summed E-state index contributed by atoms with van der Waals surface area (Å²) in [6, 6.07) is 3.98. The van der Waals surface area contributed by atoms with Crippen LogP contribution >= 0.6 is 27.5 Å². The van der Waals surface area contributed by atoms with E-state index in [1.807, 2.05) is 20.8 Å². The second kappa shape index (κ2) is 9.93. The normalized spacial score (nSPS) is 10.3. The van der Waals surface area contributed by atoms with E-state index in [2.05, 4.69) is 25.9 Å². The van der Waals surface area contributed by atoms with E-state index in [9.17, 15) is 13.6 Å². The topological polar surface area (TPSA) is 57.0 Å². The van der Waals surface area contributed by atoms with Crippen LogP contribution in [0.2, 0.25) is 5.02 Å². The van der Waals surface area contributed by atoms with Gasteiger partial charge in [0.05, 0.1) is 11.9 Å². The van der Waals surface area contributed by atoms with Gasteiger partial charge in [-0.2, -0.15) is 0 Å². The predicted octanol–water partition coefficient (Wildman–Crippen LogP) is 5.54. The van der Waals surface area contributed by atoms with Crippen molar-refractivity contribution in [1.82, 2.24) is 14.5 Å². The third-order valence-corrected chi connectivity index (χ3v) is 4.61. The van der Waals surface area contributed by atoms with Gasteiger partial charge in [-0.3, -0.25) is 14.3 Å². The van der Waals surface area contributed by atoms with Crippen LogP contribution in [0.25, 0.3) is 5.69 Å². The Morgan fingerprint density at radius 3 is 2.48 bits per heavy atom. The summed E-state index contributed by atoms with van der Waals surface area (Å²) in [7, 11) is 0. The van der Waals surface area contributed by atoms with Crippen molar-refractivity contribution in [2.24, 2.45) is 0 Å². The molecule has 0 aliphatic rings. The molecule has 154 valence electrons. The molecule has 0 aliphatic heterocycles. The van der Waals surface area contributed by atoms with Gasteiger partial charge in [-0.1, -0.05) is 25.4 Å². The molecule has 0 aromatic carbocycles. The molecule has 3 aromatic heterocycles. The molecule has 5 nitrogen and oxygen atoms in total. The third-order valence-electron chi connectivity index (χ3n) is 3.83. The average Bonchev–Trinajstić information content (AvgIpc) is 2.69. The summed E-state index contributed by atoms with van der Waals surface area (Å²) in [6.45, 7) is 7.24. The van der Waals surface area contributed by atoms with Crippen LogP contribution in [0.15, 0.2) is 40.0 Å². The Bertz CT molecular complexity index is 1090. The van der Waals surface area contributed by atoms with Gasteiger partial charge in [0.1, 0.15) is 33.5 Å². The van der Waals surface area contributed by atoms with Crippen LogP contribution in [0.3, 0.4) is 0 Å². The zero-order chi connectivity index (χ0) is 21.7. The third kappa shape index (κ3) is 5.19. The minimum absolute atomic E-state index is 0.0896. The summed E-state index contributed by atoms with van der Waals surface area (Å²) in [5.74, 6) is -1.54. The van der Waals surface area contributed by atoms with Crippen LogP contribution in [0.5, 0.6) is 5.75 Å². The Labute approximate surface area is 180 Å². The van der Waals surface area contributed by atoms with Gasteiger partial charge in [0.15, 0.2) is 5.82 Å². The van der Waals surface area contributed by atoms with Crippen LogP contribution in [-0.2, 0) is 6.61 Å². The van der Waals surface area contributed by atoms with Crippen molar-refractivity contribution in [2.75, 3.05) is 0 Å². The molecule has 0 saturated carbocycles. The minimum atomic E-state index is -0.839. The van der Waals surface area contributed by atoms with Gasteiger partial charge in [-0.15, -0.1) is 0 Å². The minimum Gasteiger partial charge on any atom is -0.485 e. The first-order chi connectivity index (χ1) is 13.8. The van der Waals surface area contributed by atoms with Crippen molar-refractivity contribution in [3.8, 4) is 11.4 Å². The quantitative estimate of drug-likeness (QED) is 0.454. The molecule has 0 fully saturated rings. The first-order valence-electron chi connectivity index (χ1n) is 8.75. The molecular formula is C20H19BrClF2N3O2.